The standard InChI is InChI=1S/C58H40N2/c1-3-17-44(18-4-1)50-22-9-10-25-54(50)58-51(45-19-5-2-6-20-45)26-15-29-57(58)59(49-39-34-41-16-7-8-21-46(41)40-49)47-35-30-42(31-36-47)43-32-37-48(38-33-43)60-55-27-13-11-23-52(55)53-24-12-14-28-56(53)60/h1-40H. The molecule has 0 saturated heterocycles. The van der Waals surface area contributed by atoms with Gasteiger partial charge in [-0.1, -0.05) is 188 Å². The molecule has 0 unspecified atom stereocenters. The molecule has 282 valence electrons. The first kappa shape index (κ1) is 35.2. The average molecular weight is 765 g/mol. The van der Waals surface area contributed by atoms with Crippen LogP contribution in [0.1, 0.15) is 0 Å². The third-order valence-electron chi connectivity index (χ3n) is 11.8. The molecule has 2 heteroatoms. The summed E-state index contributed by atoms with van der Waals surface area (Å²) in [6.07, 6.45) is 0. The van der Waals surface area contributed by atoms with E-state index in [0.29, 0.717) is 0 Å². The number of nitrogens with zero attached hydrogens (tertiary/aromatic N) is 2. The van der Waals surface area contributed by atoms with Crippen molar-refractivity contribution in [2.75, 3.05) is 4.90 Å². The SMILES string of the molecule is c1ccc(-c2ccccc2-c2c(-c3ccccc3)cccc2N(c2ccc(-c3ccc(-n4c5ccccc5c5ccccc54)cc3)cc2)c2ccc3ccccc3c2)cc1. The molecule has 0 saturated carbocycles. The van der Waals surface area contributed by atoms with Crippen molar-refractivity contribution < 1.29 is 0 Å². The first-order valence-electron chi connectivity index (χ1n) is 20.6. The van der Waals surface area contributed by atoms with Crippen molar-refractivity contribution in [3.05, 3.63) is 243 Å². The van der Waals surface area contributed by atoms with E-state index in [-0.39, 0.29) is 0 Å². The summed E-state index contributed by atoms with van der Waals surface area (Å²) in [7, 11) is 0. The van der Waals surface area contributed by atoms with E-state index in [1.807, 2.05) is 0 Å². The number of fused-ring (bicyclic) bond motifs is 4. The van der Waals surface area contributed by atoms with E-state index in [9.17, 15) is 0 Å². The summed E-state index contributed by atoms with van der Waals surface area (Å²) in [5.74, 6) is 0. The Balaban J connectivity index is 1.06. The Kier molecular flexibility index (Phi) is 8.87. The predicted molar refractivity (Wildman–Crippen MR) is 255 cm³/mol. The van der Waals surface area contributed by atoms with Crippen molar-refractivity contribution in [1.29, 1.82) is 0 Å². The molecule has 0 spiro atoms. The first-order valence-corrected chi connectivity index (χ1v) is 20.6. The minimum Gasteiger partial charge on any atom is -0.310 e. The molecule has 0 fully saturated rings. The highest BCUT2D eigenvalue weighted by molar-refractivity contribution is 6.09. The van der Waals surface area contributed by atoms with Crippen molar-refractivity contribution in [3.8, 4) is 50.2 Å². The number of hydrogen-bond acceptors (Lipinski definition) is 1. The van der Waals surface area contributed by atoms with Crippen molar-refractivity contribution in [2.24, 2.45) is 0 Å². The second-order valence-corrected chi connectivity index (χ2v) is 15.3. The topological polar surface area (TPSA) is 8.17 Å². The maximum Gasteiger partial charge on any atom is 0.0546 e. The van der Waals surface area contributed by atoms with E-state index in [4.69, 9.17) is 0 Å². The predicted octanol–water partition coefficient (Wildman–Crippen LogP) is 16.1. The Morgan fingerprint density at radius 1 is 0.300 bits per heavy atom. The van der Waals surface area contributed by atoms with Crippen LogP contribution in [-0.2, 0) is 0 Å². The maximum absolute atomic E-state index is 2.44. The lowest BCUT2D eigenvalue weighted by Gasteiger charge is -2.30. The monoisotopic (exact) mass is 764 g/mol. The van der Waals surface area contributed by atoms with Crippen molar-refractivity contribution in [2.45, 2.75) is 0 Å². The Morgan fingerprint density at radius 2 is 0.800 bits per heavy atom. The molecule has 0 N–H and O–H groups in total. The zero-order chi connectivity index (χ0) is 39.8. The van der Waals surface area contributed by atoms with Crippen LogP contribution in [0.3, 0.4) is 0 Å². The fraction of sp³-hybridized carbons (Fsp3) is 0. The summed E-state index contributed by atoms with van der Waals surface area (Å²) in [5, 5.41) is 4.95. The van der Waals surface area contributed by atoms with E-state index < -0.39 is 0 Å². The molecule has 1 aromatic heterocycles. The second kappa shape index (κ2) is 15.1. The molecule has 1 heterocycles. The zero-order valence-electron chi connectivity index (χ0n) is 33.0. The summed E-state index contributed by atoms with van der Waals surface area (Å²) < 4.78 is 2.37. The molecule has 0 bridgehead atoms. The molecule has 0 atom stereocenters. The lowest BCUT2D eigenvalue weighted by atomic mass is 9.87. The van der Waals surface area contributed by atoms with Crippen molar-refractivity contribution >= 4 is 49.6 Å². The van der Waals surface area contributed by atoms with Gasteiger partial charge in [-0.25, -0.2) is 0 Å². The van der Waals surface area contributed by atoms with Gasteiger partial charge in [-0.15, -0.1) is 0 Å². The number of aromatic nitrogens is 1. The largest absolute Gasteiger partial charge is 0.310 e. The number of rotatable bonds is 8. The summed E-state index contributed by atoms with van der Waals surface area (Å²) in [4.78, 5) is 2.44. The smallest absolute Gasteiger partial charge is 0.0546 e. The highest BCUT2D eigenvalue weighted by atomic mass is 15.1. The van der Waals surface area contributed by atoms with Gasteiger partial charge in [0.15, 0.2) is 0 Å². The van der Waals surface area contributed by atoms with Crippen LogP contribution in [0.2, 0.25) is 0 Å². The van der Waals surface area contributed by atoms with Crippen LogP contribution in [-0.4, -0.2) is 4.57 Å². The van der Waals surface area contributed by atoms with Crippen LogP contribution >= 0.6 is 0 Å². The molecule has 0 aliphatic heterocycles. The Hall–Kier alpha value is -7.94. The van der Waals surface area contributed by atoms with E-state index in [0.717, 1.165) is 22.7 Å². The van der Waals surface area contributed by atoms with E-state index >= 15 is 0 Å². The highest BCUT2D eigenvalue weighted by Gasteiger charge is 2.23. The number of para-hydroxylation sites is 2. The van der Waals surface area contributed by atoms with Gasteiger partial charge < -0.3 is 9.47 Å². The Morgan fingerprint density at radius 3 is 1.47 bits per heavy atom. The molecule has 11 rings (SSSR count). The van der Waals surface area contributed by atoms with Gasteiger partial charge in [-0.3, -0.25) is 0 Å². The van der Waals surface area contributed by atoms with Gasteiger partial charge >= 0.3 is 0 Å². The summed E-state index contributed by atoms with van der Waals surface area (Å²) in [5.41, 5.74) is 16.3. The lowest BCUT2D eigenvalue weighted by molar-refractivity contribution is 1.18. The quantitative estimate of drug-likeness (QED) is 0.150. The second-order valence-electron chi connectivity index (χ2n) is 15.3. The van der Waals surface area contributed by atoms with Crippen LogP contribution in [0, 0.1) is 0 Å². The number of benzene rings is 10. The molecular weight excluding hydrogens is 725 g/mol. The van der Waals surface area contributed by atoms with Crippen LogP contribution in [0.15, 0.2) is 243 Å². The van der Waals surface area contributed by atoms with Gasteiger partial charge in [-0.05, 0) is 104 Å². The summed E-state index contributed by atoms with van der Waals surface area (Å²) in [6, 6.07) is 87.9. The maximum atomic E-state index is 2.44. The molecular formula is C58H40N2. The van der Waals surface area contributed by atoms with Crippen LogP contribution in [0.4, 0.5) is 17.1 Å². The van der Waals surface area contributed by atoms with E-state index in [1.54, 1.807) is 0 Å². The highest BCUT2D eigenvalue weighted by Crippen LogP contribution is 2.48. The van der Waals surface area contributed by atoms with Gasteiger partial charge in [0.2, 0.25) is 0 Å². The first-order chi connectivity index (χ1) is 29.8. The molecule has 60 heavy (non-hydrogen) atoms. The van der Waals surface area contributed by atoms with Crippen LogP contribution in [0.5, 0.6) is 0 Å². The van der Waals surface area contributed by atoms with Gasteiger partial charge in [-0.2, -0.15) is 0 Å². The third-order valence-corrected chi connectivity index (χ3v) is 11.8. The fourth-order valence-electron chi connectivity index (χ4n) is 8.99. The van der Waals surface area contributed by atoms with Gasteiger partial charge in [0.1, 0.15) is 0 Å². The van der Waals surface area contributed by atoms with Crippen LogP contribution in [0.25, 0.3) is 82.8 Å². The molecule has 0 aliphatic rings. The molecule has 0 amide bonds. The number of hydrogen-bond donors (Lipinski definition) is 0. The van der Waals surface area contributed by atoms with E-state index in [2.05, 4.69) is 252 Å². The molecule has 2 nitrogen and oxygen atoms in total. The lowest BCUT2D eigenvalue weighted by Crippen LogP contribution is -2.12. The van der Waals surface area contributed by atoms with E-state index in [1.165, 1.54) is 77.1 Å². The van der Waals surface area contributed by atoms with Gasteiger partial charge in [0, 0.05) is 33.4 Å². The fourth-order valence-corrected chi connectivity index (χ4v) is 8.99. The number of anilines is 3. The Bertz CT molecular complexity index is 3240. The Labute approximate surface area is 350 Å². The van der Waals surface area contributed by atoms with Crippen molar-refractivity contribution in [1.82, 2.24) is 4.57 Å². The van der Waals surface area contributed by atoms with Crippen molar-refractivity contribution in [3.63, 3.8) is 0 Å². The van der Waals surface area contributed by atoms with Gasteiger partial charge in [0.25, 0.3) is 0 Å². The summed E-state index contributed by atoms with van der Waals surface area (Å²) >= 11 is 0. The molecule has 11 aromatic rings. The summed E-state index contributed by atoms with van der Waals surface area (Å²) in [6.45, 7) is 0. The zero-order valence-corrected chi connectivity index (χ0v) is 33.0. The molecule has 0 aliphatic carbocycles. The average Bonchev–Trinajstić information content (AvgIpc) is 3.67. The van der Waals surface area contributed by atoms with Crippen LogP contribution < -0.4 is 4.90 Å². The molecule has 0 radical (unpaired) electrons. The van der Waals surface area contributed by atoms with Gasteiger partial charge in [0.05, 0.1) is 16.7 Å². The molecule has 10 aromatic carbocycles. The minimum absolute atomic E-state index is 1.08. The normalized spacial score (nSPS) is 11.3. The minimum atomic E-state index is 1.08. The third kappa shape index (κ3) is 6.23.